The maximum absolute atomic E-state index is 12.5. The van der Waals surface area contributed by atoms with Crippen molar-refractivity contribution in [3.8, 4) is 0 Å². The number of halogens is 1. The molecule has 3 fully saturated rings. The molecule has 2 aliphatic carbocycles. The predicted molar refractivity (Wildman–Crippen MR) is 73.2 cm³/mol. The van der Waals surface area contributed by atoms with Crippen LogP contribution in [0.3, 0.4) is 0 Å². The van der Waals surface area contributed by atoms with E-state index in [1.165, 1.54) is 0 Å². The zero-order valence-corrected chi connectivity index (χ0v) is 11.5. The van der Waals surface area contributed by atoms with Gasteiger partial charge in [-0.1, -0.05) is 11.6 Å². The Balaban J connectivity index is 1.54. The highest BCUT2D eigenvalue weighted by molar-refractivity contribution is 6.30. The summed E-state index contributed by atoms with van der Waals surface area (Å²) in [6.45, 7) is 0. The van der Waals surface area contributed by atoms with E-state index in [-0.39, 0.29) is 41.7 Å². The first-order chi connectivity index (χ1) is 9.63. The van der Waals surface area contributed by atoms with Gasteiger partial charge in [0.1, 0.15) is 6.10 Å². The highest BCUT2D eigenvalue weighted by atomic mass is 35.5. The van der Waals surface area contributed by atoms with E-state index in [4.69, 9.17) is 16.3 Å². The average molecular weight is 292 g/mol. The lowest BCUT2D eigenvalue weighted by molar-refractivity contribution is -0.145. The highest BCUT2D eigenvalue weighted by Crippen LogP contribution is 2.57. The third-order valence-corrected chi connectivity index (χ3v) is 5.15. The van der Waals surface area contributed by atoms with E-state index >= 15 is 0 Å². The summed E-state index contributed by atoms with van der Waals surface area (Å²) in [5, 5.41) is 3.52. The molecule has 0 spiro atoms. The second-order valence-electron chi connectivity index (χ2n) is 5.92. The first-order valence-electron chi connectivity index (χ1n) is 6.90. The summed E-state index contributed by atoms with van der Waals surface area (Å²) < 4.78 is 5.35. The van der Waals surface area contributed by atoms with Gasteiger partial charge in [-0.05, 0) is 43.0 Å². The molecular weight excluding hydrogens is 278 g/mol. The molecule has 3 aliphatic rings. The first kappa shape index (κ1) is 12.2. The number of ether oxygens (including phenoxy) is 1. The summed E-state index contributed by atoms with van der Waals surface area (Å²) in [6.07, 6.45) is 1.85. The number of hydrogen-bond donors (Lipinski definition) is 1. The molecule has 2 bridgehead atoms. The zero-order valence-electron chi connectivity index (χ0n) is 10.7. The lowest BCUT2D eigenvalue weighted by atomic mass is 9.79. The quantitative estimate of drug-likeness (QED) is 0.852. The maximum atomic E-state index is 12.5. The zero-order chi connectivity index (χ0) is 13.9. The minimum absolute atomic E-state index is 0.0667. The SMILES string of the molecule is O=C(Nc1ccc(Cl)cc1)[C@H]1[C@@H]2C[C@@H]3[C@@H]1C(=O)O[C@@H]3C2. The molecule has 0 aromatic heterocycles. The Morgan fingerprint density at radius 3 is 2.75 bits per heavy atom. The van der Waals surface area contributed by atoms with Crippen LogP contribution in [0.2, 0.25) is 5.02 Å². The molecule has 1 aromatic rings. The second kappa shape index (κ2) is 4.22. The normalized spacial score (nSPS) is 37.0. The van der Waals surface area contributed by atoms with Crippen molar-refractivity contribution in [1.29, 1.82) is 0 Å². The fourth-order valence-corrected chi connectivity index (χ4v) is 4.25. The molecule has 104 valence electrons. The number of nitrogens with one attached hydrogen (secondary N) is 1. The van der Waals surface area contributed by atoms with Crippen LogP contribution >= 0.6 is 11.6 Å². The largest absolute Gasteiger partial charge is 0.462 e. The van der Waals surface area contributed by atoms with Crippen LogP contribution in [-0.4, -0.2) is 18.0 Å². The Bertz CT molecular complexity index is 583. The van der Waals surface area contributed by atoms with Gasteiger partial charge in [-0.3, -0.25) is 9.59 Å². The second-order valence-corrected chi connectivity index (χ2v) is 6.35. The van der Waals surface area contributed by atoms with E-state index in [9.17, 15) is 9.59 Å². The molecule has 1 aliphatic heterocycles. The van der Waals surface area contributed by atoms with Crippen LogP contribution in [0.25, 0.3) is 0 Å². The highest BCUT2D eigenvalue weighted by Gasteiger charge is 2.63. The van der Waals surface area contributed by atoms with Crippen LogP contribution in [-0.2, 0) is 14.3 Å². The van der Waals surface area contributed by atoms with E-state index < -0.39 is 0 Å². The number of esters is 1. The molecule has 0 unspecified atom stereocenters. The number of hydrogen-bond acceptors (Lipinski definition) is 3. The van der Waals surface area contributed by atoms with E-state index in [1.54, 1.807) is 24.3 Å². The van der Waals surface area contributed by atoms with Gasteiger partial charge in [-0.25, -0.2) is 0 Å². The van der Waals surface area contributed by atoms with Crippen LogP contribution < -0.4 is 5.32 Å². The molecule has 20 heavy (non-hydrogen) atoms. The summed E-state index contributed by atoms with van der Waals surface area (Å²) in [7, 11) is 0. The van der Waals surface area contributed by atoms with Gasteiger partial charge < -0.3 is 10.1 Å². The third kappa shape index (κ3) is 1.67. The van der Waals surface area contributed by atoms with E-state index in [0.717, 1.165) is 12.8 Å². The Morgan fingerprint density at radius 2 is 2.00 bits per heavy atom. The van der Waals surface area contributed by atoms with E-state index in [1.807, 2.05) is 0 Å². The van der Waals surface area contributed by atoms with Gasteiger partial charge in [0.05, 0.1) is 11.8 Å². The van der Waals surface area contributed by atoms with E-state index in [2.05, 4.69) is 5.32 Å². The standard InChI is InChI=1S/C15H14ClNO3/c16-8-1-3-9(4-2-8)17-14(18)12-7-5-10-11(6-7)20-15(19)13(10)12/h1-4,7,10-13H,5-6H2,(H,17,18)/t7-,10+,11-,12+,13+/m1/s1. The molecule has 2 saturated carbocycles. The first-order valence-corrected chi connectivity index (χ1v) is 7.28. The van der Waals surface area contributed by atoms with Crippen LogP contribution in [0.15, 0.2) is 24.3 Å². The number of carbonyl (C=O) groups excluding carboxylic acids is 2. The number of amides is 1. The number of rotatable bonds is 2. The lowest BCUT2D eigenvalue weighted by Gasteiger charge is -2.23. The van der Waals surface area contributed by atoms with Crippen LogP contribution in [0.5, 0.6) is 0 Å². The molecular formula is C15H14ClNO3. The third-order valence-electron chi connectivity index (χ3n) is 4.90. The Labute approximate surface area is 121 Å². The summed E-state index contributed by atoms with van der Waals surface area (Å²) in [6, 6.07) is 7.00. The van der Waals surface area contributed by atoms with Gasteiger partial charge in [0, 0.05) is 16.6 Å². The van der Waals surface area contributed by atoms with Crippen molar-refractivity contribution in [3.63, 3.8) is 0 Å². The van der Waals surface area contributed by atoms with Crippen molar-refractivity contribution < 1.29 is 14.3 Å². The van der Waals surface area contributed by atoms with Gasteiger partial charge in [-0.15, -0.1) is 0 Å². The Morgan fingerprint density at radius 1 is 1.25 bits per heavy atom. The summed E-state index contributed by atoms with van der Waals surface area (Å²) in [5.74, 6) is -0.173. The number of carbonyl (C=O) groups is 2. The molecule has 1 amide bonds. The van der Waals surface area contributed by atoms with Gasteiger partial charge >= 0.3 is 5.97 Å². The van der Waals surface area contributed by atoms with Gasteiger partial charge in [0.25, 0.3) is 0 Å². The Kier molecular flexibility index (Phi) is 2.58. The minimum atomic E-state index is -0.234. The molecule has 4 nitrogen and oxygen atoms in total. The lowest BCUT2D eigenvalue weighted by Crippen LogP contribution is -2.35. The number of anilines is 1. The summed E-state index contributed by atoms with van der Waals surface area (Å²) in [4.78, 5) is 24.4. The fourth-order valence-electron chi connectivity index (χ4n) is 4.12. The van der Waals surface area contributed by atoms with Gasteiger partial charge in [-0.2, -0.15) is 0 Å². The molecule has 4 rings (SSSR count). The van der Waals surface area contributed by atoms with Crippen molar-refractivity contribution in [1.82, 2.24) is 0 Å². The molecule has 1 heterocycles. The molecule has 5 heteroatoms. The average Bonchev–Trinajstić information content (AvgIpc) is 3.02. The van der Waals surface area contributed by atoms with Crippen LogP contribution in [0, 0.1) is 23.7 Å². The van der Waals surface area contributed by atoms with Crippen molar-refractivity contribution in [3.05, 3.63) is 29.3 Å². The summed E-state index contributed by atoms with van der Waals surface area (Å²) in [5.41, 5.74) is 0.713. The monoisotopic (exact) mass is 291 g/mol. The van der Waals surface area contributed by atoms with Gasteiger partial charge in [0.2, 0.25) is 5.91 Å². The topological polar surface area (TPSA) is 55.4 Å². The molecule has 1 aromatic carbocycles. The molecule has 1 N–H and O–H groups in total. The predicted octanol–water partition coefficient (Wildman–Crippen LogP) is 2.48. The van der Waals surface area contributed by atoms with Crippen molar-refractivity contribution in [2.24, 2.45) is 23.7 Å². The maximum Gasteiger partial charge on any atom is 0.310 e. The van der Waals surface area contributed by atoms with Crippen LogP contribution in [0.1, 0.15) is 12.8 Å². The van der Waals surface area contributed by atoms with Crippen molar-refractivity contribution in [2.45, 2.75) is 18.9 Å². The van der Waals surface area contributed by atoms with Crippen LogP contribution in [0.4, 0.5) is 5.69 Å². The number of benzene rings is 1. The number of fused-ring (bicyclic) bond motifs is 1. The van der Waals surface area contributed by atoms with Crippen molar-refractivity contribution in [2.75, 3.05) is 5.32 Å². The van der Waals surface area contributed by atoms with Crippen molar-refractivity contribution >= 4 is 29.2 Å². The smallest absolute Gasteiger partial charge is 0.310 e. The van der Waals surface area contributed by atoms with Gasteiger partial charge in [0.15, 0.2) is 0 Å². The minimum Gasteiger partial charge on any atom is -0.462 e. The molecule has 5 atom stereocenters. The molecule has 1 saturated heterocycles. The Hall–Kier alpha value is -1.55. The molecule has 0 radical (unpaired) electrons. The summed E-state index contributed by atoms with van der Waals surface area (Å²) >= 11 is 5.82. The van der Waals surface area contributed by atoms with E-state index in [0.29, 0.717) is 10.7 Å². The fraction of sp³-hybridized carbons (Fsp3) is 0.467.